The zero-order chi connectivity index (χ0) is 18.6. The van der Waals surface area contributed by atoms with E-state index < -0.39 is 33.0 Å². The number of rotatable bonds is 5. The van der Waals surface area contributed by atoms with E-state index in [1.54, 1.807) is 6.92 Å². The van der Waals surface area contributed by atoms with Crippen LogP contribution in [0.3, 0.4) is 0 Å². The predicted molar refractivity (Wildman–Crippen MR) is 81.8 cm³/mol. The van der Waals surface area contributed by atoms with E-state index in [-0.39, 0.29) is 22.8 Å². The summed E-state index contributed by atoms with van der Waals surface area (Å²) < 4.78 is 42.4. The van der Waals surface area contributed by atoms with Crippen LogP contribution >= 0.6 is 11.3 Å². The Morgan fingerprint density at radius 1 is 1.36 bits per heavy atom. The summed E-state index contributed by atoms with van der Waals surface area (Å²) in [6, 6.07) is 2.76. The van der Waals surface area contributed by atoms with Crippen LogP contribution in [0, 0.1) is 10.1 Å². The van der Waals surface area contributed by atoms with Crippen LogP contribution in [-0.2, 0) is 6.18 Å². The molecule has 0 spiro atoms. The van der Waals surface area contributed by atoms with Crippen molar-refractivity contribution in [3.8, 4) is 5.75 Å². The summed E-state index contributed by atoms with van der Waals surface area (Å²) in [7, 11) is 0. The molecule has 2 N–H and O–H groups in total. The number of amides is 2. The summed E-state index contributed by atoms with van der Waals surface area (Å²) in [6.45, 7) is 1.99. The number of aromatic nitrogens is 2. The SMILES string of the molecule is CCOc1ccc(NC(=O)Nc2nnc(C(F)(F)F)s2)c([N+](=O)[O-])c1. The quantitative estimate of drug-likeness (QED) is 0.608. The van der Waals surface area contributed by atoms with Crippen molar-refractivity contribution in [2.75, 3.05) is 17.2 Å². The molecule has 0 bridgehead atoms. The second kappa shape index (κ2) is 7.29. The number of urea groups is 1. The molecule has 0 aliphatic heterocycles. The number of hydrogen-bond donors (Lipinski definition) is 2. The van der Waals surface area contributed by atoms with Gasteiger partial charge in [0.15, 0.2) is 0 Å². The summed E-state index contributed by atoms with van der Waals surface area (Å²) >= 11 is 0.125. The molecule has 25 heavy (non-hydrogen) atoms. The van der Waals surface area contributed by atoms with Gasteiger partial charge in [-0.05, 0) is 19.1 Å². The van der Waals surface area contributed by atoms with Gasteiger partial charge in [-0.1, -0.05) is 11.3 Å². The first-order valence-corrected chi connectivity index (χ1v) is 7.42. The summed E-state index contributed by atoms with van der Waals surface area (Å²) in [4.78, 5) is 22.1. The van der Waals surface area contributed by atoms with Crippen molar-refractivity contribution in [3.05, 3.63) is 33.3 Å². The van der Waals surface area contributed by atoms with E-state index in [1.165, 1.54) is 12.1 Å². The highest BCUT2D eigenvalue weighted by Crippen LogP contribution is 2.33. The van der Waals surface area contributed by atoms with Gasteiger partial charge in [0.2, 0.25) is 10.1 Å². The van der Waals surface area contributed by atoms with E-state index >= 15 is 0 Å². The highest BCUT2D eigenvalue weighted by molar-refractivity contribution is 7.15. The number of halogens is 3. The van der Waals surface area contributed by atoms with E-state index in [1.807, 2.05) is 5.32 Å². The van der Waals surface area contributed by atoms with Crippen LogP contribution in [0.5, 0.6) is 5.75 Å². The topological polar surface area (TPSA) is 119 Å². The van der Waals surface area contributed by atoms with Crippen LogP contribution in [-0.4, -0.2) is 27.8 Å². The number of nitrogens with one attached hydrogen (secondary N) is 2. The highest BCUT2D eigenvalue weighted by atomic mass is 32.1. The number of nitro groups is 1. The van der Waals surface area contributed by atoms with Crippen molar-refractivity contribution in [3.63, 3.8) is 0 Å². The van der Waals surface area contributed by atoms with Gasteiger partial charge in [-0.2, -0.15) is 13.2 Å². The van der Waals surface area contributed by atoms with Gasteiger partial charge in [-0.25, -0.2) is 4.79 Å². The zero-order valence-electron chi connectivity index (χ0n) is 12.5. The second-order valence-electron chi connectivity index (χ2n) is 4.36. The molecular formula is C12H10F3N5O4S. The number of anilines is 2. The number of carbonyl (C=O) groups is 1. The van der Waals surface area contributed by atoms with Crippen LogP contribution in [0.2, 0.25) is 0 Å². The maximum absolute atomic E-state index is 12.4. The number of hydrogen-bond acceptors (Lipinski definition) is 7. The third kappa shape index (κ3) is 4.76. The molecule has 1 aromatic carbocycles. The Morgan fingerprint density at radius 3 is 2.64 bits per heavy atom. The predicted octanol–water partition coefficient (Wildman–Crippen LogP) is 3.51. The Kier molecular flexibility index (Phi) is 5.36. The van der Waals surface area contributed by atoms with Crippen molar-refractivity contribution < 1.29 is 27.6 Å². The molecule has 2 amide bonds. The van der Waals surface area contributed by atoms with E-state index in [2.05, 4.69) is 15.5 Å². The maximum atomic E-state index is 12.4. The molecule has 13 heteroatoms. The first-order chi connectivity index (χ1) is 11.7. The Hall–Kier alpha value is -2.96. The minimum atomic E-state index is -4.68. The molecule has 0 saturated carbocycles. The fraction of sp³-hybridized carbons (Fsp3) is 0.250. The summed E-state index contributed by atoms with van der Waals surface area (Å²) in [6.07, 6.45) is -4.68. The average Bonchev–Trinajstić information content (AvgIpc) is 2.97. The van der Waals surface area contributed by atoms with Crippen molar-refractivity contribution in [1.82, 2.24) is 10.2 Å². The van der Waals surface area contributed by atoms with Crippen molar-refractivity contribution in [2.45, 2.75) is 13.1 Å². The Morgan fingerprint density at radius 2 is 2.08 bits per heavy atom. The second-order valence-corrected chi connectivity index (χ2v) is 5.34. The molecule has 0 saturated heterocycles. The van der Waals surface area contributed by atoms with Gasteiger partial charge in [0.05, 0.1) is 17.6 Å². The van der Waals surface area contributed by atoms with Crippen LogP contribution in [0.4, 0.5) is 34.5 Å². The number of benzene rings is 1. The normalized spacial score (nSPS) is 11.0. The molecule has 1 aromatic heterocycles. The molecule has 0 radical (unpaired) electrons. The summed E-state index contributed by atoms with van der Waals surface area (Å²) in [5.41, 5.74) is -0.596. The summed E-state index contributed by atoms with van der Waals surface area (Å²) in [5, 5.41) is 19.7. The number of nitrogens with zero attached hydrogens (tertiary/aromatic N) is 3. The fourth-order valence-corrected chi connectivity index (χ4v) is 2.27. The zero-order valence-corrected chi connectivity index (χ0v) is 13.3. The van der Waals surface area contributed by atoms with E-state index in [9.17, 15) is 28.1 Å². The maximum Gasteiger partial charge on any atom is 0.445 e. The van der Waals surface area contributed by atoms with Gasteiger partial charge in [-0.3, -0.25) is 15.4 Å². The molecule has 9 nitrogen and oxygen atoms in total. The molecule has 0 fully saturated rings. The average molecular weight is 377 g/mol. The third-order valence-electron chi connectivity index (χ3n) is 2.61. The van der Waals surface area contributed by atoms with Crippen molar-refractivity contribution >= 4 is 33.9 Å². The largest absolute Gasteiger partial charge is 0.494 e. The minimum absolute atomic E-state index is 0.125. The van der Waals surface area contributed by atoms with Crippen molar-refractivity contribution in [1.29, 1.82) is 0 Å². The van der Waals surface area contributed by atoms with Crippen LogP contribution in [0.1, 0.15) is 11.9 Å². The third-order valence-corrected chi connectivity index (χ3v) is 3.50. The summed E-state index contributed by atoms with van der Waals surface area (Å²) in [5.74, 6) is 0.235. The lowest BCUT2D eigenvalue weighted by Crippen LogP contribution is -2.20. The van der Waals surface area contributed by atoms with E-state index in [0.717, 1.165) is 6.07 Å². The standard InChI is InChI=1S/C12H10F3N5O4S/c1-2-24-6-3-4-7(8(5-6)20(22)23)16-10(21)17-11-19-18-9(25-11)12(13,14)15/h3-5H,2H2,1H3,(H2,16,17,19,21). The van der Waals surface area contributed by atoms with Gasteiger partial charge in [0.25, 0.3) is 5.69 Å². The number of carbonyl (C=O) groups excluding carboxylic acids is 1. The van der Waals surface area contributed by atoms with Gasteiger partial charge in [0, 0.05) is 0 Å². The first kappa shape index (κ1) is 18.4. The van der Waals surface area contributed by atoms with Crippen molar-refractivity contribution in [2.24, 2.45) is 0 Å². The fourth-order valence-electron chi connectivity index (χ4n) is 1.66. The molecule has 2 rings (SSSR count). The molecule has 0 aliphatic carbocycles. The monoisotopic (exact) mass is 377 g/mol. The molecule has 134 valence electrons. The van der Waals surface area contributed by atoms with Crippen LogP contribution < -0.4 is 15.4 Å². The molecule has 0 unspecified atom stereocenters. The number of nitro benzene ring substituents is 1. The lowest BCUT2D eigenvalue weighted by Gasteiger charge is -2.08. The molecule has 0 aliphatic rings. The van der Waals surface area contributed by atoms with E-state index in [0.29, 0.717) is 6.61 Å². The Balaban J connectivity index is 2.12. The minimum Gasteiger partial charge on any atom is -0.494 e. The molecular weight excluding hydrogens is 367 g/mol. The molecule has 2 aromatic rings. The lowest BCUT2D eigenvalue weighted by molar-refractivity contribution is -0.384. The van der Waals surface area contributed by atoms with E-state index in [4.69, 9.17) is 4.74 Å². The first-order valence-electron chi connectivity index (χ1n) is 6.60. The van der Waals surface area contributed by atoms with Crippen LogP contribution in [0.15, 0.2) is 18.2 Å². The van der Waals surface area contributed by atoms with Crippen LogP contribution in [0.25, 0.3) is 0 Å². The smallest absolute Gasteiger partial charge is 0.445 e. The number of alkyl halides is 3. The Bertz CT molecular complexity index is 795. The number of ether oxygens (including phenoxy) is 1. The molecule has 1 heterocycles. The van der Waals surface area contributed by atoms with Gasteiger partial charge in [0.1, 0.15) is 11.4 Å². The highest BCUT2D eigenvalue weighted by Gasteiger charge is 2.35. The molecule has 0 atom stereocenters. The Labute approximate surface area is 142 Å². The van der Waals surface area contributed by atoms with Gasteiger partial charge >= 0.3 is 12.2 Å². The van der Waals surface area contributed by atoms with Gasteiger partial charge in [-0.15, -0.1) is 10.2 Å². The lowest BCUT2D eigenvalue weighted by atomic mass is 10.2. The van der Waals surface area contributed by atoms with Gasteiger partial charge < -0.3 is 10.1 Å².